The fourth-order valence-electron chi connectivity index (χ4n) is 3.85. The summed E-state index contributed by atoms with van der Waals surface area (Å²) in [6.07, 6.45) is 1.85. The first-order valence-electron chi connectivity index (χ1n) is 10.4. The van der Waals surface area contributed by atoms with Crippen LogP contribution in [0.5, 0.6) is 0 Å². The average molecular weight is 470 g/mol. The SMILES string of the molecule is COC(=O)c1cccc(N2CCCC(NC(=O)c3sc(-c4ccc(Cl)cc4)nc3C)C2)c1. The van der Waals surface area contributed by atoms with Crippen molar-refractivity contribution in [1.82, 2.24) is 10.3 Å². The number of nitrogens with one attached hydrogen (secondary N) is 1. The number of nitrogens with zero attached hydrogens (tertiary/aromatic N) is 2. The van der Waals surface area contributed by atoms with Crippen molar-refractivity contribution < 1.29 is 14.3 Å². The van der Waals surface area contributed by atoms with Gasteiger partial charge in [-0.15, -0.1) is 11.3 Å². The fourth-order valence-corrected chi connectivity index (χ4v) is 4.95. The highest BCUT2D eigenvalue weighted by Crippen LogP contribution is 2.29. The summed E-state index contributed by atoms with van der Waals surface area (Å²) in [6.45, 7) is 3.41. The van der Waals surface area contributed by atoms with Crippen LogP contribution < -0.4 is 10.2 Å². The lowest BCUT2D eigenvalue weighted by molar-refractivity contribution is 0.0600. The number of methoxy groups -OCH3 is 1. The minimum absolute atomic E-state index is 0.0125. The minimum Gasteiger partial charge on any atom is -0.465 e. The molecule has 1 atom stereocenters. The van der Waals surface area contributed by atoms with E-state index in [0.717, 1.165) is 41.3 Å². The number of ether oxygens (including phenoxy) is 1. The molecular formula is C24H24ClN3O3S. The van der Waals surface area contributed by atoms with Crippen LogP contribution >= 0.6 is 22.9 Å². The summed E-state index contributed by atoms with van der Waals surface area (Å²) in [5.41, 5.74) is 3.13. The number of piperidine rings is 1. The van der Waals surface area contributed by atoms with Crippen LogP contribution in [0.1, 0.15) is 38.6 Å². The Kier molecular flexibility index (Phi) is 6.77. The lowest BCUT2D eigenvalue weighted by Crippen LogP contribution is -2.47. The van der Waals surface area contributed by atoms with Crippen molar-refractivity contribution in [3.05, 3.63) is 69.7 Å². The molecule has 1 N–H and O–H groups in total. The van der Waals surface area contributed by atoms with E-state index >= 15 is 0 Å². The van der Waals surface area contributed by atoms with Crippen molar-refractivity contribution in [3.8, 4) is 10.6 Å². The van der Waals surface area contributed by atoms with Gasteiger partial charge in [0.05, 0.1) is 18.4 Å². The topological polar surface area (TPSA) is 71.5 Å². The molecule has 3 aromatic rings. The molecule has 1 aromatic heterocycles. The van der Waals surface area contributed by atoms with Crippen molar-refractivity contribution >= 4 is 40.5 Å². The second kappa shape index (κ2) is 9.71. The molecule has 32 heavy (non-hydrogen) atoms. The highest BCUT2D eigenvalue weighted by molar-refractivity contribution is 7.17. The number of halogens is 1. The molecule has 1 fully saturated rings. The Labute approximate surface area is 196 Å². The predicted molar refractivity (Wildman–Crippen MR) is 128 cm³/mol. The number of amides is 1. The van der Waals surface area contributed by atoms with E-state index in [1.807, 2.05) is 49.4 Å². The van der Waals surface area contributed by atoms with Gasteiger partial charge >= 0.3 is 5.97 Å². The molecule has 6 nitrogen and oxygen atoms in total. The molecule has 8 heteroatoms. The Morgan fingerprint density at radius 2 is 2.00 bits per heavy atom. The molecule has 0 bridgehead atoms. The highest BCUT2D eigenvalue weighted by Gasteiger charge is 2.25. The fraction of sp³-hybridized carbons (Fsp3) is 0.292. The standard InChI is InChI=1S/C24H24ClN3O3S/c1-15-21(32-23(26-15)16-8-10-18(25)11-9-16)22(29)27-19-6-4-12-28(14-19)20-7-3-5-17(13-20)24(30)31-2/h3,5,7-11,13,19H,4,6,12,14H2,1-2H3,(H,27,29). The van der Waals surface area contributed by atoms with Crippen LogP contribution in [0.4, 0.5) is 5.69 Å². The number of carbonyl (C=O) groups excluding carboxylic acids is 2. The lowest BCUT2D eigenvalue weighted by Gasteiger charge is -2.34. The zero-order valence-electron chi connectivity index (χ0n) is 17.9. The van der Waals surface area contributed by atoms with Crippen molar-refractivity contribution in [1.29, 1.82) is 0 Å². The van der Waals surface area contributed by atoms with Crippen molar-refractivity contribution in [2.45, 2.75) is 25.8 Å². The number of thiazole rings is 1. The summed E-state index contributed by atoms with van der Waals surface area (Å²) in [4.78, 5) is 32.3. The monoisotopic (exact) mass is 469 g/mol. The van der Waals surface area contributed by atoms with Gasteiger partial charge in [0.15, 0.2) is 0 Å². The zero-order valence-corrected chi connectivity index (χ0v) is 19.5. The smallest absolute Gasteiger partial charge is 0.337 e. The van der Waals surface area contributed by atoms with E-state index in [2.05, 4.69) is 15.2 Å². The average Bonchev–Trinajstić information content (AvgIpc) is 3.21. The molecule has 0 saturated carbocycles. The molecule has 0 radical (unpaired) electrons. The van der Waals surface area contributed by atoms with Crippen molar-refractivity contribution in [2.24, 2.45) is 0 Å². The van der Waals surface area contributed by atoms with E-state index in [4.69, 9.17) is 16.3 Å². The van der Waals surface area contributed by atoms with Gasteiger partial charge in [-0.05, 0) is 50.1 Å². The Morgan fingerprint density at radius 1 is 1.22 bits per heavy atom. The van der Waals surface area contributed by atoms with E-state index in [1.165, 1.54) is 18.4 Å². The largest absolute Gasteiger partial charge is 0.465 e. The van der Waals surface area contributed by atoms with Gasteiger partial charge in [0.25, 0.3) is 5.91 Å². The summed E-state index contributed by atoms with van der Waals surface area (Å²) >= 11 is 7.36. The molecule has 1 amide bonds. The maximum Gasteiger partial charge on any atom is 0.337 e. The first-order chi connectivity index (χ1) is 15.4. The van der Waals surface area contributed by atoms with Crippen LogP contribution in [0.15, 0.2) is 48.5 Å². The summed E-state index contributed by atoms with van der Waals surface area (Å²) in [5, 5.41) is 4.64. The van der Waals surface area contributed by atoms with E-state index in [9.17, 15) is 9.59 Å². The maximum atomic E-state index is 13.0. The molecule has 1 saturated heterocycles. The van der Waals surface area contributed by atoms with E-state index in [1.54, 1.807) is 6.07 Å². The molecule has 2 heterocycles. The summed E-state index contributed by atoms with van der Waals surface area (Å²) in [6, 6.07) is 14.9. The quantitative estimate of drug-likeness (QED) is 0.535. The number of aryl methyl sites for hydroxylation is 1. The molecule has 2 aromatic carbocycles. The zero-order chi connectivity index (χ0) is 22.7. The normalized spacial score (nSPS) is 16.0. The van der Waals surface area contributed by atoms with Gasteiger partial charge in [-0.2, -0.15) is 0 Å². The molecular weight excluding hydrogens is 446 g/mol. The first kappa shape index (κ1) is 22.3. The first-order valence-corrected chi connectivity index (χ1v) is 11.6. The van der Waals surface area contributed by atoms with Gasteiger partial charge in [0.2, 0.25) is 0 Å². The van der Waals surface area contributed by atoms with E-state index in [-0.39, 0.29) is 17.9 Å². The number of carbonyl (C=O) groups is 2. The predicted octanol–water partition coefficient (Wildman–Crippen LogP) is 4.96. The van der Waals surface area contributed by atoms with Crippen molar-refractivity contribution in [3.63, 3.8) is 0 Å². The Bertz CT molecular complexity index is 1130. The molecule has 4 rings (SSSR count). The Balaban J connectivity index is 1.45. The summed E-state index contributed by atoms with van der Waals surface area (Å²) < 4.78 is 4.83. The van der Waals surface area contributed by atoms with E-state index < -0.39 is 0 Å². The van der Waals surface area contributed by atoms with E-state index in [0.29, 0.717) is 22.0 Å². The van der Waals surface area contributed by atoms with Gasteiger partial charge in [-0.3, -0.25) is 4.79 Å². The molecule has 0 aliphatic carbocycles. The third kappa shape index (κ3) is 4.95. The Morgan fingerprint density at radius 3 is 2.75 bits per heavy atom. The Hall–Kier alpha value is -2.90. The van der Waals surface area contributed by atoms with Crippen LogP contribution in [0.3, 0.4) is 0 Å². The third-order valence-electron chi connectivity index (χ3n) is 5.48. The minimum atomic E-state index is -0.356. The second-order valence-electron chi connectivity index (χ2n) is 7.74. The van der Waals surface area contributed by atoms with Gasteiger partial charge in [0.1, 0.15) is 9.88 Å². The number of anilines is 1. The number of esters is 1. The van der Waals surface area contributed by atoms with Crippen LogP contribution in [0.25, 0.3) is 10.6 Å². The second-order valence-corrected chi connectivity index (χ2v) is 9.18. The molecule has 0 spiro atoms. The number of hydrogen-bond donors (Lipinski definition) is 1. The van der Waals surface area contributed by atoms with Crippen LogP contribution in [0, 0.1) is 6.92 Å². The highest BCUT2D eigenvalue weighted by atomic mass is 35.5. The number of hydrogen-bond acceptors (Lipinski definition) is 6. The van der Waals surface area contributed by atoms with Crippen LogP contribution in [0.2, 0.25) is 5.02 Å². The third-order valence-corrected chi connectivity index (χ3v) is 6.94. The van der Waals surface area contributed by atoms with Gasteiger partial charge in [0, 0.05) is 35.4 Å². The molecule has 166 valence electrons. The molecule has 1 unspecified atom stereocenters. The van der Waals surface area contributed by atoms with Gasteiger partial charge in [-0.1, -0.05) is 29.8 Å². The van der Waals surface area contributed by atoms with Crippen molar-refractivity contribution in [2.75, 3.05) is 25.1 Å². The maximum absolute atomic E-state index is 13.0. The lowest BCUT2D eigenvalue weighted by atomic mass is 10.0. The number of rotatable bonds is 5. The summed E-state index contributed by atoms with van der Waals surface area (Å²) in [7, 11) is 1.38. The van der Waals surface area contributed by atoms with Gasteiger partial charge < -0.3 is 15.0 Å². The molecule has 1 aliphatic heterocycles. The molecule has 1 aliphatic rings. The van der Waals surface area contributed by atoms with Crippen LogP contribution in [-0.2, 0) is 4.74 Å². The number of benzene rings is 2. The van der Waals surface area contributed by atoms with Gasteiger partial charge in [-0.25, -0.2) is 9.78 Å². The van der Waals surface area contributed by atoms with Crippen LogP contribution in [-0.4, -0.2) is 43.1 Å². The summed E-state index contributed by atoms with van der Waals surface area (Å²) in [5.74, 6) is -0.457. The number of aromatic nitrogens is 1.